The van der Waals surface area contributed by atoms with E-state index in [-0.39, 0.29) is 24.2 Å². The Hall–Kier alpha value is -1.14. The van der Waals surface area contributed by atoms with Crippen molar-refractivity contribution in [2.75, 3.05) is 20.2 Å². The van der Waals surface area contributed by atoms with E-state index in [1.165, 1.54) is 7.05 Å². The Bertz CT molecular complexity index is 328. The van der Waals surface area contributed by atoms with Crippen LogP contribution < -0.4 is 5.32 Å². The minimum absolute atomic E-state index is 0.113. The average molecular weight is 225 g/mol. The first-order valence-corrected chi connectivity index (χ1v) is 5.59. The number of hydrogen-bond donors (Lipinski definition) is 1. The SMILES string of the molecule is CN1C(=O)CC(N2CC3CC2CO3)NC1=O. The summed E-state index contributed by atoms with van der Waals surface area (Å²) < 4.78 is 5.50. The molecule has 3 saturated heterocycles. The van der Waals surface area contributed by atoms with E-state index in [4.69, 9.17) is 4.74 Å². The third-order valence-corrected chi connectivity index (χ3v) is 3.68. The lowest BCUT2D eigenvalue weighted by molar-refractivity contribution is -0.131. The van der Waals surface area contributed by atoms with Gasteiger partial charge in [0.05, 0.1) is 25.3 Å². The predicted molar refractivity (Wildman–Crippen MR) is 54.6 cm³/mol. The van der Waals surface area contributed by atoms with Gasteiger partial charge in [-0.25, -0.2) is 4.79 Å². The molecule has 2 bridgehead atoms. The summed E-state index contributed by atoms with van der Waals surface area (Å²) in [5.41, 5.74) is 0. The third-order valence-electron chi connectivity index (χ3n) is 3.68. The van der Waals surface area contributed by atoms with Crippen LogP contribution >= 0.6 is 0 Å². The van der Waals surface area contributed by atoms with Gasteiger partial charge in [-0.05, 0) is 6.42 Å². The van der Waals surface area contributed by atoms with Crippen molar-refractivity contribution in [2.24, 2.45) is 0 Å². The van der Waals surface area contributed by atoms with Crippen LogP contribution in [-0.2, 0) is 9.53 Å². The Labute approximate surface area is 93.5 Å². The zero-order chi connectivity index (χ0) is 11.3. The zero-order valence-electron chi connectivity index (χ0n) is 9.18. The lowest BCUT2D eigenvalue weighted by Crippen LogP contribution is -2.61. The van der Waals surface area contributed by atoms with Gasteiger partial charge >= 0.3 is 6.03 Å². The Morgan fingerprint density at radius 3 is 2.81 bits per heavy atom. The highest BCUT2D eigenvalue weighted by Crippen LogP contribution is 2.30. The van der Waals surface area contributed by atoms with E-state index in [2.05, 4.69) is 10.2 Å². The number of carbonyl (C=O) groups excluding carboxylic acids is 2. The molecule has 0 aromatic heterocycles. The standard InChI is InChI=1S/C10H15N3O3/c1-12-9(14)3-8(11-10(12)15)13-4-7-2-6(13)5-16-7/h6-8H,2-5H2,1H3,(H,11,15). The minimum Gasteiger partial charge on any atom is -0.375 e. The summed E-state index contributed by atoms with van der Waals surface area (Å²) in [6.07, 6.45) is 1.54. The molecule has 0 radical (unpaired) electrons. The first kappa shape index (κ1) is 10.0. The molecule has 0 saturated carbocycles. The van der Waals surface area contributed by atoms with Gasteiger partial charge in [0.2, 0.25) is 5.91 Å². The number of carbonyl (C=O) groups is 2. The molecule has 3 aliphatic rings. The summed E-state index contributed by atoms with van der Waals surface area (Å²) in [5.74, 6) is -0.113. The summed E-state index contributed by atoms with van der Waals surface area (Å²) in [4.78, 5) is 26.4. The molecule has 3 atom stereocenters. The van der Waals surface area contributed by atoms with Gasteiger partial charge in [-0.15, -0.1) is 0 Å². The highest BCUT2D eigenvalue weighted by atomic mass is 16.5. The van der Waals surface area contributed by atoms with Crippen LogP contribution in [0.2, 0.25) is 0 Å². The summed E-state index contributed by atoms with van der Waals surface area (Å²) in [6, 6.07) is 0.0662. The average Bonchev–Trinajstić information content (AvgIpc) is 2.86. The predicted octanol–water partition coefficient (Wildman–Crippen LogP) is -0.643. The number of likely N-dealkylation sites (tertiary alicyclic amines) is 1. The maximum absolute atomic E-state index is 11.6. The normalized spacial score (nSPS) is 39.3. The van der Waals surface area contributed by atoms with Crippen LogP contribution in [0.15, 0.2) is 0 Å². The van der Waals surface area contributed by atoms with E-state index in [9.17, 15) is 9.59 Å². The van der Waals surface area contributed by atoms with Crippen LogP contribution in [-0.4, -0.2) is 60.2 Å². The maximum Gasteiger partial charge on any atom is 0.325 e. The third kappa shape index (κ3) is 1.41. The molecule has 0 spiro atoms. The van der Waals surface area contributed by atoms with Gasteiger partial charge in [-0.2, -0.15) is 0 Å². The quantitative estimate of drug-likeness (QED) is 0.644. The van der Waals surface area contributed by atoms with Crippen molar-refractivity contribution in [3.63, 3.8) is 0 Å². The van der Waals surface area contributed by atoms with Crippen molar-refractivity contribution in [1.82, 2.24) is 15.1 Å². The minimum atomic E-state index is -0.301. The molecule has 0 aromatic carbocycles. The number of amides is 3. The van der Waals surface area contributed by atoms with Crippen molar-refractivity contribution < 1.29 is 14.3 Å². The molecule has 0 aliphatic carbocycles. The zero-order valence-corrected chi connectivity index (χ0v) is 9.18. The number of fused-ring (bicyclic) bond motifs is 2. The second-order valence-electron chi connectivity index (χ2n) is 4.66. The lowest BCUT2D eigenvalue weighted by atomic mass is 10.2. The van der Waals surface area contributed by atoms with Gasteiger partial charge in [0.15, 0.2) is 0 Å². The van der Waals surface area contributed by atoms with Crippen LogP contribution in [0, 0.1) is 0 Å². The van der Waals surface area contributed by atoms with Gasteiger partial charge in [0, 0.05) is 19.6 Å². The Morgan fingerprint density at radius 2 is 2.25 bits per heavy atom. The van der Waals surface area contributed by atoms with Gasteiger partial charge in [-0.1, -0.05) is 0 Å². The summed E-state index contributed by atoms with van der Waals surface area (Å²) in [5, 5.41) is 2.86. The van der Waals surface area contributed by atoms with Crippen molar-refractivity contribution in [3.8, 4) is 0 Å². The van der Waals surface area contributed by atoms with Crippen LogP contribution in [0.1, 0.15) is 12.8 Å². The van der Waals surface area contributed by atoms with Gasteiger partial charge in [0.1, 0.15) is 0 Å². The summed E-state index contributed by atoms with van der Waals surface area (Å²) in [7, 11) is 1.51. The van der Waals surface area contributed by atoms with Crippen LogP contribution in [0.3, 0.4) is 0 Å². The molecule has 88 valence electrons. The van der Waals surface area contributed by atoms with Crippen molar-refractivity contribution in [3.05, 3.63) is 0 Å². The highest BCUT2D eigenvalue weighted by molar-refractivity contribution is 5.96. The number of imide groups is 1. The van der Waals surface area contributed by atoms with Crippen molar-refractivity contribution in [1.29, 1.82) is 0 Å². The van der Waals surface area contributed by atoms with Crippen LogP contribution in [0.5, 0.6) is 0 Å². The second kappa shape index (κ2) is 3.43. The van der Waals surface area contributed by atoms with E-state index in [1.54, 1.807) is 0 Å². The van der Waals surface area contributed by atoms with E-state index < -0.39 is 0 Å². The molecule has 3 aliphatic heterocycles. The van der Waals surface area contributed by atoms with Gasteiger partial charge in [-0.3, -0.25) is 14.6 Å². The number of hydrogen-bond acceptors (Lipinski definition) is 4. The van der Waals surface area contributed by atoms with Gasteiger partial charge in [0.25, 0.3) is 0 Å². The molecule has 3 amide bonds. The first-order chi connectivity index (χ1) is 7.65. The number of nitrogens with zero attached hydrogens (tertiary/aromatic N) is 2. The highest BCUT2D eigenvalue weighted by Gasteiger charge is 2.44. The van der Waals surface area contributed by atoms with Crippen molar-refractivity contribution in [2.45, 2.75) is 31.2 Å². The topological polar surface area (TPSA) is 61.9 Å². The monoisotopic (exact) mass is 225 g/mol. The van der Waals surface area contributed by atoms with E-state index in [0.717, 1.165) is 24.5 Å². The smallest absolute Gasteiger partial charge is 0.325 e. The number of rotatable bonds is 1. The largest absolute Gasteiger partial charge is 0.375 e. The molecular weight excluding hydrogens is 210 g/mol. The number of morpholine rings is 1. The number of nitrogens with one attached hydrogen (secondary N) is 1. The van der Waals surface area contributed by atoms with Crippen molar-refractivity contribution >= 4 is 11.9 Å². The van der Waals surface area contributed by atoms with Gasteiger partial charge < -0.3 is 10.1 Å². The Balaban J connectivity index is 1.72. The molecule has 6 nitrogen and oxygen atoms in total. The maximum atomic E-state index is 11.6. The van der Waals surface area contributed by atoms with Crippen LogP contribution in [0.25, 0.3) is 0 Å². The number of urea groups is 1. The molecule has 3 fully saturated rings. The van der Waals surface area contributed by atoms with E-state index >= 15 is 0 Å². The fourth-order valence-electron chi connectivity index (χ4n) is 2.72. The summed E-state index contributed by atoms with van der Waals surface area (Å²) >= 11 is 0. The Kier molecular flexibility index (Phi) is 2.15. The molecule has 3 rings (SSSR count). The molecule has 1 N–H and O–H groups in total. The van der Waals surface area contributed by atoms with Crippen LogP contribution in [0.4, 0.5) is 4.79 Å². The first-order valence-electron chi connectivity index (χ1n) is 5.59. The Morgan fingerprint density at radius 1 is 1.44 bits per heavy atom. The molecule has 3 unspecified atom stereocenters. The van der Waals surface area contributed by atoms with E-state index in [1.807, 2.05) is 0 Å². The fraction of sp³-hybridized carbons (Fsp3) is 0.800. The molecule has 16 heavy (non-hydrogen) atoms. The fourth-order valence-corrected chi connectivity index (χ4v) is 2.72. The molecule has 3 heterocycles. The number of ether oxygens (including phenoxy) is 1. The lowest BCUT2D eigenvalue weighted by Gasteiger charge is -2.38. The molecular formula is C10H15N3O3. The summed E-state index contributed by atoms with van der Waals surface area (Å²) in [6.45, 7) is 1.55. The molecule has 6 heteroatoms. The second-order valence-corrected chi connectivity index (χ2v) is 4.66. The molecule has 0 aromatic rings. The van der Waals surface area contributed by atoms with E-state index in [0.29, 0.717) is 12.5 Å².